The Morgan fingerprint density at radius 3 is 2.58 bits per heavy atom. The zero-order valence-electron chi connectivity index (χ0n) is 14.0. The summed E-state index contributed by atoms with van der Waals surface area (Å²) in [7, 11) is 0. The minimum atomic E-state index is -0.939. The number of hydrogen-bond acceptors (Lipinski definition) is 3. The molecule has 5 heteroatoms. The first-order chi connectivity index (χ1) is 11.2. The van der Waals surface area contributed by atoms with Gasteiger partial charge in [-0.25, -0.2) is 9.59 Å². The van der Waals surface area contributed by atoms with Gasteiger partial charge in [-0.05, 0) is 49.6 Å². The predicted octanol–water partition coefficient (Wildman–Crippen LogP) is 3.92. The van der Waals surface area contributed by atoms with Gasteiger partial charge in [-0.2, -0.15) is 0 Å². The van der Waals surface area contributed by atoms with Crippen LogP contribution in [0.3, 0.4) is 0 Å². The summed E-state index contributed by atoms with van der Waals surface area (Å²) in [5.41, 5.74) is 0.701. The number of carbonyl (C=O) groups excluding carboxylic acids is 1. The molecule has 2 aromatic rings. The van der Waals surface area contributed by atoms with E-state index in [1.54, 1.807) is 6.07 Å². The van der Waals surface area contributed by atoms with Gasteiger partial charge in [-0.3, -0.25) is 0 Å². The molecule has 1 saturated carbocycles. The molecule has 0 bridgehead atoms. The number of alkyl carbamates (subject to hydrolysis) is 1. The van der Waals surface area contributed by atoms with Gasteiger partial charge < -0.3 is 15.2 Å². The van der Waals surface area contributed by atoms with Crippen LogP contribution in [0.25, 0.3) is 10.8 Å². The van der Waals surface area contributed by atoms with Crippen LogP contribution >= 0.6 is 0 Å². The highest BCUT2D eigenvalue weighted by Gasteiger charge is 2.40. The monoisotopic (exact) mass is 327 g/mol. The van der Waals surface area contributed by atoms with Crippen molar-refractivity contribution in [2.75, 3.05) is 0 Å². The standard InChI is InChI=1S/C19H21NO4/c1-19(2,3)24-18(23)20-16-10-14(16)12-8-11-6-4-5-7-13(11)15(9-12)17(21)22/h4-9,14,16H,10H2,1-3H3,(H,20,23)(H,21,22). The Kier molecular flexibility index (Phi) is 3.95. The molecule has 5 nitrogen and oxygen atoms in total. The zero-order valence-corrected chi connectivity index (χ0v) is 14.0. The van der Waals surface area contributed by atoms with E-state index in [-0.39, 0.29) is 12.0 Å². The van der Waals surface area contributed by atoms with Gasteiger partial charge in [-0.1, -0.05) is 30.3 Å². The number of carbonyl (C=O) groups is 2. The SMILES string of the molecule is CC(C)(C)OC(=O)NC1CC1c1cc(C(=O)O)c2ccccc2c1. The second kappa shape index (κ2) is 5.82. The smallest absolute Gasteiger partial charge is 0.407 e. The number of carboxylic acid groups (broad SMARTS) is 1. The summed E-state index contributed by atoms with van der Waals surface area (Å²) in [5.74, 6) is -0.814. The predicted molar refractivity (Wildman–Crippen MR) is 91.4 cm³/mol. The normalized spacial score (nSPS) is 19.8. The minimum absolute atomic E-state index is 0.0114. The molecular formula is C19H21NO4. The van der Waals surface area contributed by atoms with E-state index >= 15 is 0 Å². The molecule has 0 radical (unpaired) electrons. The highest BCUT2D eigenvalue weighted by atomic mass is 16.6. The van der Waals surface area contributed by atoms with Crippen molar-refractivity contribution in [1.29, 1.82) is 0 Å². The van der Waals surface area contributed by atoms with Crippen LogP contribution in [0.4, 0.5) is 4.79 Å². The highest BCUT2D eigenvalue weighted by Crippen LogP contribution is 2.42. The molecule has 24 heavy (non-hydrogen) atoms. The van der Waals surface area contributed by atoms with Gasteiger partial charge in [0.05, 0.1) is 5.56 Å². The molecule has 1 amide bonds. The van der Waals surface area contributed by atoms with Crippen molar-refractivity contribution in [3.05, 3.63) is 47.5 Å². The molecule has 2 N–H and O–H groups in total. The third-order valence-corrected chi connectivity index (χ3v) is 4.04. The topological polar surface area (TPSA) is 75.6 Å². The maximum absolute atomic E-state index is 11.8. The first kappa shape index (κ1) is 16.3. The summed E-state index contributed by atoms with van der Waals surface area (Å²) in [6.45, 7) is 5.46. The van der Waals surface area contributed by atoms with Crippen molar-refractivity contribution in [2.24, 2.45) is 0 Å². The van der Waals surface area contributed by atoms with Gasteiger partial charge in [0.25, 0.3) is 0 Å². The Bertz CT molecular complexity index is 807. The molecule has 2 aromatic carbocycles. The maximum atomic E-state index is 11.8. The van der Waals surface area contributed by atoms with Gasteiger partial charge >= 0.3 is 12.1 Å². The molecule has 1 fully saturated rings. The van der Waals surface area contributed by atoms with E-state index < -0.39 is 17.7 Å². The third-order valence-electron chi connectivity index (χ3n) is 4.04. The van der Waals surface area contributed by atoms with Crippen molar-refractivity contribution >= 4 is 22.8 Å². The second-order valence-electron chi connectivity index (χ2n) is 7.19. The molecule has 1 aliphatic carbocycles. The summed E-state index contributed by atoms with van der Waals surface area (Å²) in [6, 6.07) is 11.1. The molecule has 0 aromatic heterocycles. The van der Waals surface area contributed by atoms with Crippen LogP contribution in [0.2, 0.25) is 0 Å². The van der Waals surface area contributed by atoms with Gasteiger partial charge in [0.15, 0.2) is 0 Å². The van der Waals surface area contributed by atoms with Crippen molar-refractivity contribution in [3.8, 4) is 0 Å². The number of rotatable bonds is 3. The van der Waals surface area contributed by atoms with Crippen LogP contribution in [0.5, 0.6) is 0 Å². The Hall–Kier alpha value is -2.56. The Balaban J connectivity index is 1.79. The molecular weight excluding hydrogens is 306 g/mol. The van der Waals surface area contributed by atoms with Gasteiger partial charge in [0, 0.05) is 12.0 Å². The molecule has 1 aliphatic rings. The van der Waals surface area contributed by atoms with Crippen LogP contribution in [-0.4, -0.2) is 28.8 Å². The fraction of sp³-hybridized carbons (Fsp3) is 0.368. The largest absolute Gasteiger partial charge is 0.478 e. The second-order valence-corrected chi connectivity index (χ2v) is 7.19. The quantitative estimate of drug-likeness (QED) is 0.896. The average molecular weight is 327 g/mol. The molecule has 0 spiro atoms. The summed E-state index contributed by atoms with van der Waals surface area (Å²) in [6.07, 6.45) is 0.352. The lowest BCUT2D eigenvalue weighted by Gasteiger charge is -2.19. The first-order valence-electron chi connectivity index (χ1n) is 8.00. The summed E-state index contributed by atoms with van der Waals surface area (Å²) in [4.78, 5) is 23.4. The minimum Gasteiger partial charge on any atom is -0.478 e. The number of amides is 1. The number of benzene rings is 2. The zero-order chi connectivity index (χ0) is 17.5. The molecule has 2 atom stereocenters. The highest BCUT2D eigenvalue weighted by molar-refractivity contribution is 6.04. The lowest BCUT2D eigenvalue weighted by molar-refractivity contribution is 0.0522. The maximum Gasteiger partial charge on any atom is 0.407 e. The lowest BCUT2D eigenvalue weighted by Crippen LogP contribution is -2.34. The van der Waals surface area contributed by atoms with E-state index in [1.165, 1.54) is 0 Å². The number of fused-ring (bicyclic) bond motifs is 1. The lowest BCUT2D eigenvalue weighted by atomic mass is 9.98. The average Bonchev–Trinajstić information content (AvgIpc) is 3.22. The van der Waals surface area contributed by atoms with Crippen molar-refractivity contribution in [3.63, 3.8) is 0 Å². The van der Waals surface area contributed by atoms with Crippen LogP contribution in [0.15, 0.2) is 36.4 Å². The van der Waals surface area contributed by atoms with Crippen molar-refractivity contribution < 1.29 is 19.4 Å². The number of carboxylic acids is 1. The Labute approximate surface area is 140 Å². The van der Waals surface area contributed by atoms with Crippen LogP contribution in [-0.2, 0) is 4.74 Å². The van der Waals surface area contributed by atoms with E-state index in [0.717, 1.165) is 22.8 Å². The molecule has 2 unspecified atom stereocenters. The van der Waals surface area contributed by atoms with Gasteiger partial charge in [0.2, 0.25) is 0 Å². The number of aromatic carboxylic acids is 1. The van der Waals surface area contributed by atoms with Crippen molar-refractivity contribution in [2.45, 2.75) is 44.8 Å². The fourth-order valence-electron chi connectivity index (χ4n) is 2.91. The van der Waals surface area contributed by atoms with E-state index in [2.05, 4.69) is 5.32 Å². The Morgan fingerprint density at radius 2 is 1.92 bits per heavy atom. The van der Waals surface area contributed by atoms with Gasteiger partial charge in [-0.15, -0.1) is 0 Å². The fourth-order valence-corrected chi connectivity index (χ4v) is 2.91. The van der Waals surface area contributed by atoms with E-state index in [1.807, 2.05) is 51.1 Å². The molecule has 126 valence electrons. The number of nitrogens with one attached hydrogen (secondary N) is 1. The van der Waals surface area contributed by atoms with Crippen LogP contribution in [0, 0.1) is 0 Å². The molecule has 0 heterocycles. The third kappa shape index (κ3) is 3.50. The molecule has 0 aliphatic heterocycles. The first-order valence-corrected chi connectivity index (χ1v) is 8.00. The molecule has 0 saturated heterocycles. The summed E-state index contributed by atoms with van der Waals surface area (Å²) < 4.78 is 5.26. The Morgan fingerprint density at radius 1 is 1.21 bits per heavy atom. The van der Waals surface area contributed by atoms with Crippen LogP contribution < -0.4 is 5.32 Å². The van der Waals surface area contributed by atoms with Crippen molar-refractivity contribution in [1.82, 2.24) is 5.32 Å². The number of ether oxygens (including phenoxy) is 1. The van der Waals surface area contributed by atoms with Crippen LogP contribution in [0.1, 0.15) is 49.0 Å². The summed E-state index contributed by atoms with van der Waals surface area (Å²) in [5, 5.41) is 13.9. The van der Waals surface area contributed by atoms with E-state index in [0.29, 0.717) is 5.56 Å². The molecule has 3 rings (SSSR count). The van der Waals surface area contributed by atoms with E-state index in [4.69, 9.17) is 4.74 Å². The number of hydrogen-bond donors (Lipinski definition) is 2. The summed E-state index contributed by atoms with van der Waals surface area (Å²) >= 11 is 0. The van der Waals surface area contributed by atoms with Gasteiger partial charge in [0.1, 0.15) is 5.60 Å². The van der Waals surface area contributed by atoms with E-state index in [9.17, 15) is 14.7 Å².